The highest BCUT2D eigenvalue weighted by Gasteiger charge is 2.34. The van der Waals surface area contributed by atoms with Crippen LogP contribution in [0.1, 0.15) is 45.1 Å². The Morgan fingerprint density at radius 1 is 1.23 bits per heavy atom. The van der Waals surface area contributed by atoms with Crippen molar-refractivity contribution in [2.75, 3.05) is 18.0 Å². The van der Waals surface area contributed by atoms with E-state index in [1.165, 1.54) is 18.4 Å². The van der Waals surface area contributed by atoms with E-state index in [-0.39, 0.29) is 17.7 Å². The summed E-state index contributed by atoms with van der Waals surface area (Å²) in [7, 11) is 0. The van der Waals surface area contributed by atoms with Crippen LogP contribution < -0.4 is 10.2 Å². The number of unbranched alkanes of at least 4 members (excludes halogenated alkanes) is 1. The minimum absolute atomic E-state index is 0.00253. The molecule has 0 aliphatic carbocycles. The number of benzene rings is 1. The number of carbonyl (C=O) groups excluding carboxylic acids is 2. The zero-order chi connectivity index (χ0) is 15.9. The van der Waals surface area contributed by atoms with Gasteiger partial charge in [0, 0.05) is 25.2 Å². The summed E-state index contributed by atoms with van der Waals surface area (Å²) in [5.41, 5.74) is 2.20. The second-order valence-electron chi connectivity index (χ2n) is 5.97. The van der Waals surface area contributed by atoms with Gasteiger partial charge in [-0.2, -0.15) is 0 Å². The second-order valence-corrected chi connectivity index (χ2v) is 5.97. The van der Waals surface area contributed by atoms with E-state index in [2.05, 4.69) is 24.4 Å². The lowest BCUT2D eigenvalue weighted by atomic mass is 10.1. The van der Waals surface area contributed by atoms with Gasteiger partial charge in [-0.05, 0) is 37.0 Å². The summed E-state index contributed by atoms with van der Waals surface area (Å²) in [6, 6.07) is 8.16. The normalized spacial score (nSPS) is 17.8. The van der Waals surface area contributed by atoms with Crippen molar-refractivity contribution in [3.8, 4) is 0 Å². The number of carbonyl (C=O) groups is 2. The highest BCUT2D eigenvalue weighted by Crippen LogP contribution is 2.25. The average molecular weight is 302 g/mol. The molecule has 0 aromatic heterocycles. The van der Waals surface area contributed by atoms with Crippen molar-refractivity contribution in [2.24, 2.45) is 5.92 Å². The zero-order valence-corrected chi connectivity index (χ0v) is 13.6. The molecular weight excluding hydrogens is 276 g/mol. The molecule has 120 valence electrons. The Balaban J connectivity index is 1.97. The molecule has 0 saturated carbocycles. The maximum Gasteiger partial charge on any atom is 0.227 e. The van der Waals surface area contributed by atoms with Crippen LogP contribution in [0.15, 0.2) is 24.3 Å². The molecule has 0 spiro atoms. The molecule has 4 nitrogen and oxygen atoms in total. The van der Waals surface area contributed by atoms with Gasteiger partial charge in [0.05, 0.1) is 5.92 Å². The van der Waals surface area contributed by atoms with Gasteiger partial charge in [0.2, 0.25) is 11.8 Å². The van der Waals surface area contributed by atoms with Crippen molar-refractivity contribution in [1.29, 1.82) is 0 Å². The van der Waals surface area contributed by atoms with Crippen molar-refractivity contribution in [2.45, 2.75) is 46.0 Å². The first-order valence-electron chi connectivity index (χ1n) is 8.32. The van der Waals surface area contributed by atoms with Crippen LogP contribution in [0.25, 0.3) is 0 Å². The third-order valence-electron chi connectivity index (χ3n) is 4.11. The first kappa shape index (κ1) is 16.5. The molecule has 1 atom stereocenters. The summed E-state index contributed by atoms with van der Waals surface area (Å²) in [6.45, 7) is 5.37. The van der Waals surface area contributed by atoms with E-state index < -0.39 is 0 Å². The van der Waals surface area contributed by atoms with Crippen molar-refractivity contribution < 1.29 is 9.59 Å². The lowest BCUT2D eigenvalue weighted by Crippen LogP contribution is -2.33. The summed E-state index contributed by atoms with van der Waals surface area (Å²) < 4.78 is 0. The maximum absolute atomic E-state index is 12.2. The molecule has 1 aliphatic heterocycles. The monoisotopic (exact) mass is 302 g/mol. The fourth-order valence-electron chi connectivity index (χ4n) is 2.75. The number of hydrogen-bond acceptors (Lipinski definition) is 2. The summed E-state index contributed by atoms with van der Waals surface area (Å²) in [6.07, 6.45) is 4.66. The van der Waals surface area contributed by atoms with E-state index in [4.69, 9.17) is 0 Å². The lowest BCUT2D eigenvalue weighted by Gasteiger charge is -2.17. The molecule has 1 aromatic carbocycles. The van der Waals surface area contributed by atoms with Crippen LogP contribution in [0, 0.1) is 5.92 Å². The van der Waals surface area contributed by atoms with Crippen LogP contribution in [-0.2, 0) is 16.0 Å². The van der Waals surface area contributed by atoms with Crippen LogP contribution in [0.2, 0.25) is 0 Å². The van der Waals surface area contributed by atoms with Crippen molar-refractivity contribution in [3.05, 3.63) is 29.8 Å². The quantitative estimate of drug-likeness (QED) is 0.842. The molecule has 1 fully saturated rings. The van der Waals surface area contributed by atoms with E-state index in [9.17, 15) is 9.59 Å². The molecule has 0 bridgehead atoms. The summed E-state index contributed by atoms with van der Waals surface area (Å²) in [4.78, 5) is 25.9. The standard InChI is InChI=1S/C18H26N2O2/c1-3-5-6-14-7-9-16(10-8-14)20-13-15(12-17(20)21)18(22)19-11-4-2/h7-10,15H,3-6,11-13H2,1-2H3,(H,19,22). The van der Waals surface area contributed by atoms with Crippen molar-refractivity contribution >= 4 is 17.5 Å². The van der Waals surface area contributed by atoms with E-state index in [1.807, 2.05) is 19.1 Å². The first-order chi connectivity index (χ1) is 10.7. The Hall–Kier alpha value is -1.84. The Kier molecular flexibility index (Phi) is 5.99. The molecule has 1 aliphatic rings. The molecule has 1 aromatic rings. The largest absolute Gasteiger partial charge is 0.356 e. The first-order valence-corrected chi connectivity index (χ1v) is 8.32. The molecule has 0 radical (unpaired) electrons. The maximum atomic E-state index is 12.2. The second kappa shape index (κ2) is 7.97. The molecule has 2 rings (SSSR count). The van der Waals surface area contributed by atoms with E-state index in [1.54, 1.807) is 4.90 Å². The molecule has 1 N–H and O–H groups in total. The summed E-state index contributed by atoms with van der Waals surface area (Å²) in [5.74, 6) is -0.186. The van der Waals surface area contributed by atoms with Gasteiger partial charge in [0.25, 0.3) is 0 Å². The van der Waals surface area contributed by atoms with Crippen molar-refractivity contribution in [3.63, 3.8) is 0 Å². The Labute approximate surface area is 132 Å². The summed E-state index contributed by atoms with van der Waals surface area (Å²) >= 11 is 0. The topological polar surface area (TPSA) is 49.4 Å². The van der Waals surface area contributed by atoms with Crippen LogP contribution in [0.4, 0.5) is 5.69 Å². The number of nitrogens with zero attached hydrogens (tertiary/aromatic N) is 1. The SMILES string of the molecule is CCCCc1ccc(N2CC(C(=O)NCCC)CC2=O)cc1. The molecule has 1 heterocycles. The number of hydrogen-bond donors (Lipinski definition) is 1. The van der Waals surface area contributed by atoms with Gasteiger partial charge >= 0.3 is 0 Å². The van der Waals surface area contributed by atoms with E-state index in [0.717, 1.165) is 18.5 Å². The third kappa shape index (κ3) is 4.09. The molecule has 1 saturated heterocycles. The number of aryl methyl sites for hydroxylation is 1. The highest BCUT2D eigenvalue weighted by molar-refractivity contribution is 6.00. The van der Waals surface area contributed by atoms with E-state index in [0.29, 0.717) is 19.5 Å². The fourth-order valence-corrected chi connectivity index (χ4v) is 2.75. The Morgan fingerprint density at radius 2 is 1.95 bits per heavy atom. The van der Waals surface area contributed by atoms with Crippen LogP contribution >= 0.6 is 0 Å². The predicted octanol–water partition coefficient (Wildman–Crippen LogP) is 2.91. The van der Waals surface area contributed by atoms with E-state index >= 15 is 0 Å². The van der Waals surface area contributed by atoms with Crippen molar-refractivity contribution in [1.82, 2.24) is 5.32 Å². The molecule has 1 unspecified atom stereocenters. The average Bonchev–Trinajstić information content (AvgIpc) is 2.93. The number of rotatable bonds is 7. The molecular formula is C18H26N2O2. The van der Waals surface area contributed by atoms with Gasteiger partial charge in [-0.15, -0.1) is 0 Å². The highest BCUT2D eigenvalue weighted by atomic mass is 16.2. The third-order valence-corrected chi connectivity index (χ3v) is 4.11. The van der Waals surface area contributed by atoms with Gasteiger partial charge in [0.15, 0.2) is 0 Å². The minimum Gasteiger partial charge on any atom is -0.356 e. The number of nitrogens with one attached hydrogen (secondary N) is 1. The lowest BCUT2D eigenvalue weighted by molar-refractivity contribution is -0.126. The molecule has 22 heavy (non-hydrogen) atoms. The van der Waals surface area contributed by atoms with Gasteiger partial charge in [-0.1, -0.05) is 32.4 Å². The van der Waals surface area contributed by atoms with Gasteiger partial charge < -0.3 is 10.2 Å². The summed E-state index contributed by atoms with van der Waals surface area (Å²) in [5, 5.41) is 2.88. The van der Waals surface area contributed by atoms with Gasteiger partial charge in [-0.3, -0.25) is 9.59 Å². The van der Waals surface area contributed by atoms with Gasteiger partial charge in [-0.25, -0.2) is 0 Å². The number of anilines is 1. The van der Waals surface area contributed by atoms with Gasteiger partial charge in [0.1, 0.15) is 0 Å². The fraction of sp³-hybridized carbons (Fsp3) is 0.556. The Morgan fingerprint density at radius 3 is 2.59 bits per heavy atom. The Bertz CT molecular complexity index is 510. The van der Waals surface area contributed by atoms with Crippen LogP contribution in [-0.4, -0.2) is 24.9 Å². The predicted molar refractivity (Wildman–Crippen MR) is 88.8 cm³/mol. The number of amides is 2. The van der Waals surface area contributed by atoms with Crippen LogP contribution in [0.5, 0.6) is 0 Å². The minimum atomic E-state index is -0.223. The van der Waals surface area contributed by atoms with Crippen LogP contribution in [0.3, 0.4) is 0 Å². The molecule has 2 amide bonds. The zero-order valence-electron chi connectivity index (χ0n) is 13.6. The molecule has 4 heteroatoms. The smallest absolute Gasteiger partial charge is 0.227 e.